The average molecular weight is 1060 g/mol. The van der Waals surface area contributed by atoms with Gasteiger partial charge in [-0.05, 0) is 54.8 Å². The minimum atomic E-state index is -4.60. The van der Waals surface area contributed by atoms with E-state index in [0.717, 1.165) is 52.7 Å². The molecular weight excluding hydrogens is 1020 g/mol. The molecule has 1 heterocycles. The van der Waals surface area contributed by atoms with Gasteiger partial charge in [-0.3, -0.25) is 0 Å². The van der Waals surface area contributed by atoms with Crippen molar-refractivity contribution in [1.82, 2.24) is 10.0 Å². The van der Waals surface area contributed by atoms with Gasteiger partial charge in [0.2, 0.25) is 16.2 Å². The Labute approximate surface area is 394 Å². The molecule has 0 spiro atoms. The van der Waals surface area contributed by atoms with Gasteiger partial charge in [-0.1, -0.05) is 120 Å². The summed E-state index contributed by atoms with van der Waals surface area (Å²) in [7, 11) is -3.80. The number of hydrogen-bond donors (Lipinski definition) is 3. The monoisotopic (exact) mass is 1060 g/mol. The molecule has 7 rings (SSSR count). The quantitative estimate of drug-likeness (QED) is 0.0422. The van der Waals surface area contributed by atoms with Crippen LogP contribution in [-0.4, -0.2) is 36.1 Å². The van der Waals surface area contributed by atoms with Crippen molar-refractivity contribution in [2.45, 2.75) is 53.7 Å². The minimum absolute atomic E-state index is 0.243. The number of benzene rings is 6. The van der Waals surface area contributed by atoms with Crippen LogP contribution in [-0.2, 0) is 48.4 Å². The van der Waals surface area contributed by atoms with Crippen LogP contribution in [0, 0.1) is 36.9 Å². The molecule has 1 unspecified atom stereocenters. The summed E-state index contributed by atoms with van der Waals surface area (Å²) in [5.74, 6) is -2.52. The van der Waals surface area contributed by atoms with Gasteiger partial charge < -0.3 is 19.9 Å². The van der Waals surface area contributed by atoms with Gasteiger partial charge in [0.15, 0.2) is 15.8 Å². The summed E-state index contributed by atoms with van der Waals surface area (Å²) in [6.07, 6.45) is -1.55. The van der Waals surface area contributed by atoms with Crippen molar-refractivity contribution in [3.05, 3.63) is 190 Å². The molecule has 1 aliphatic rings. The second kappa shape index (κ2) is 23.1. The number of rotatable bonds is 14. The third-order valence-electron chi connectivity index (χ3n) is 9.86. The predicted molar refractivity (Wildman–Crippen MR) is 237 cm³/mol. The van der Waals surface area contributed by atoms with Crippen LogP contribution in [0.3, 0.4) is 0 Å². The van der Waals surface area contributed by atoms with Crippen LogP contribution in [0.25, 0.3) is 0 Å². The zero-order valence-electron chi connectivity index (χ0n) is 34.5. The zero-order valence-corrected chi connectivity index (χ0v) is 39.3. The molecule has 10 nitrogen and oxygen atoms in total. The Hall–Kier alpha value is -4.73. The van der Waals surface area contributed by atoms with Gasteiger partial charge in [0, 0.05) is 30.3 Å². The molecule has 0 aliphatic carbocycles. The van der Waals surface area contributed by atoms with Crippen molar-refractivity contribution >= 4 is 41.0 Å². The molecule has 3 N–H and O–H groups in total. The normalized spacial score (nSPS) is 16.9. The molecule has 6 aromatic carbocycles. The summed E-state index contributed by atoms with van der Waals surface area (Å²) >= 11 is 7.80. The number of sulfonamides is 1. The molecule has 1 aliphatic heterocycles. The zero-order chi connectivity index (χ0) is 47.4. The summed E-state index contributed by atoms with van der Waals surface area (Å²) in [6.45, 7) is 5.58. The van der Waals surface area contributed by atoms with E-state index in [0.29, 0.717) is 25.8 Å². The Balaban J connectivity index is 0.000000249. The number of alkyl halides is 2. The number of aliphatic hydroxyl groups is 1. The Morgan fingerprint density at radius 3 is 1.94 bits per heavy atom. The van der Waals surface area contributed by atoms with E-state index in [2.05, 4.69) is 55.3 Å². The van der Waals surface area contributed by atoms with E-state index in [9.17, 15) is 35.3 Å². The molecule has 0 fully saturated rings. The summed E-state index contributed by atoms with van der Waals surface area (Å²) in [4.78, 5) is -0.369. The number of fused-ring (bicyclic) bond motifs is 1. The SMILES string of the molecule is Cc1ccc(COCCN[C@H](c2ccccc2)[C@H](NS(=O)(=O)c2ccc(C)cc2)c2ccccc2)cc1.N#CN=S1(=O)c2ccc(Oc3cc(F)cc(F)c3)c(Cl)c2[C@@H](O)C1(F)F.[Cl][Ru]. The van der Waals surface area contributed by atoms with Crippen LogP contribution in [0.4, 0.5) is 17.6 Å². The summed E-state index contributed by atoms with van der Waals surface area (Å²) in [5, 5.41) is 17.2. The number of nitrogens with zero attached hydrogens (tertiary/aromatic N) is 2. The fourth-order valence-electron chi connectivity index (χ4n) is 6.67. The molecule has 19 heteroatoms. The molecule has 6 aromatic rings. The van der Waals surface area contributed by atoms with Crippen LogP contribution in [0.2, 0.25) is 5.02 Å². The predicted octanol–water partition coefficient (Wildman–Crippen LogP) is 10.9. The first-order chi connectivity index (χ1) is 31.0. The Morgan fingerprint density at radius 2 is 1.38 bits per heavy atom. The van der Waals surface area contributed by atoms with Crippen molar-refractivity contribution < 1.29 is 62.1 Å². The van der Waals surface area contributed by atoms with E-state index < -0.39 is 64.3 Å². The third kappa shape index (κ3) is 12.6. The van der Waals surface area contributed by atoms with Crippen LogP contribution in [0.15, 0.2) is 154 Å². The van der Waals surface area contributed by atoms with Gasteiger partial charge >= 0.3 is 32.3 Å². The van der Waals surface area contributed by atoms with Gasteiger partial charge in [0.25, 0.3) is 0 Å². The second-order valence-electron chi connectivity index (χ2n) is 14.4. The van der Waals surface area contributed by atoms with Crippen LogP contribution in [0.5, 0.6) is 11.5 Å². The molecule has 4 atom stereocenters. The first-order valence-corrected chi connectivity index (χ1v) is 25.0. The number of ether oxygens (including phenoxy) is 2. The maximum atomic E-state index is 14.2. The molecule has 0 saturated carbocycles. The van der Waals surface area contributed by atoms with Crippen molar-refractivity contribution in [3.63, 3.8) is 0 Å². The van der Waals surface area contributed by atoms with E-state index in [1.165, 1.54) is 5.56 Å². The van der Waals surface area contributed by atoms with Crippen LogP contribution in [0.1, 0.15) is 51.6 Å². The number of halogens is 6. The van der Waals surface area contributed by atoms with Gasteiger partial charge in [0.05, 0.1) is 40.1 Å². The number of nitriles is 1. The van der Waals surface area contributed by atoms with E-state index in [-0.39, 0.29) is 22.4 Å². The fraction of sp³-hybridized carbons (Fsp3) is 0.196. The summed E-state index contributed by atoms with van der Waals surface area (Å²) in [5.41, 5.74) is 4.58. The van der Waals surface area contributed by atoms with Crippen molar-refractivity contribution in [3.8, 4) is 17.7 Å². The van der Waals surface area contributed by atoms with E-state index in [1.807, 2.05) is 97.0 Å². The molecule has 0 bridgehead atoms. The standard InChI is InChI=1S/C31H34N2O3S.C15H7ClF4N2O3S.ClH.Ru/c1-24-13-17-26(18-14-24)23-36-22-21-32-30(27-9-5-3-6-10-27)31(28-11-7-4-8-12-28)33-37(34,35)29-19-15-25(2)16-20-29;16-13-10(25-9-4-7(17)3-8(18)5-9)1-2-11-12(13)14(23)15(19,20)26(11,24)22-6-21;;/h3-20,30-33H,21-23H2,1-2H3;1-5,14,23H;1H;/q;;;+1/p-1/t30-,31-;14-,26?;;/m11../s1. The average Bonchev–Trinajstić information content (AvgIpc) is 3.44. The molecular formula is C46H41Cl2F4N4O6RuS2. The Kier molecular flexibility index (Phi) is 18.2. The third-order valence-corrected chi connectivity index (χ3v) is 14.0. The molecule has 0 radical (unpaired) electrons. The first kappa shape index (κ1) is 51.3. The molecule has 0 aromatic heterocycles. The second-order valence-corrected chi connectivity index (χ2v) is 18.7. The van der Waals surface area contributed by atoms with E-state index in [4.69, 9.17) is 26.3 Å². The molecule has 0 amide bonds. The number of aryl methyl sites for hydroxylation is 2. The summed E-state index contributed by atoms with van der Waals surface area (Å²) < 4.78 is 111. The van der Waals surface area contributed by atoms with Gasteiger partial charge in [-0.2, -0.15) is 14.0 Å². The Morgan fingerprint density at radius 1 is 0.846 bits per heavy atom. The molecule has 343 valence electrons. The number of hydrogen-bond acceptors (Lipinski definition) is 9. The molecule has 65 heavy (non-hydrogen) atoms. The maximum absolute atomic E-state index is 14.2. The van der Waals surface area contributed by atoms with Crippen LogP contribution < -0.4 is 14.8 Å². The van der Waals surface area contributed by atoms with Crippen molar-refractivity contribution in [2.75, 3.05) is 13.2 Å². The van der Waals surface area contributed by atoms with E-state index in [1.54, 1.807) is 12.1 Å². The van der Waals surface area contributed by atoms with Gasteiger partial charge in [-0.15, -0.1) is 4.36 Å². The van der Waals surface area contributed by atoms with E-state index >= 15 is 0 Å². The Bertz CT molecular complexity index is 2800. The molecule has 0 saturated heterocycles. The topological polar surface area (TPSA) is 150 Å². The van der Waals surface area contributed by atoms with Crippen LogP contribution >= 0.6 is 21.3 Å². The van der Waals surface area contributed by atoms with Crippen molar-refractivity contribution in [2.24, 2.45) is 4.36 Å². The number of aliphatic hydroxyl groups excluding tert-OH is 1. The van der Waals surface area contributed by atoms with Crippen molar-refractivity contribution in [1.29, 1.82) is 5.26 Å². The number of nitrogens with one attached hydrogen (secondary N) is 2. The first-order valence-electron chi connectivity index (χ1n) is 19.4. The fourth-order valence-corrected chi connectivity index (χ4v) is 10.1. The van der Waals surface area contributed by atoms with Gasteiger partial charge in [0.1, 0.15) is 23.1 Å². The summed E-state index contributed by atoms with van der Waals surface area (Å²) in [6, 6.07) is 38.1. The van der Waals surface area contributed by atoms with Gasteiger partial charge in [-0.25, -0.2) is 26.1 Å².